The molecule has 1 aliphatic rings. The van der Waals surface area contributed by atoms with E-state index < -0.39 is 0 Å². The summed E-state index contributed by atoms with van der Waals surface area (Å²) in [5.41, 5.74) is 6.60. The summed E-state index contributed by atoms with van der Waals surface area (Å²) in [5.74, 6) is 0. The Morgan fingerprint density at radius 2 is 2.24 bits per heavy atom. The molecule has 0 aromatic carbocycles. The van der Waals surface area contributed by atoms with Crippen molar-refractivity contribution in [3.63, 3.8) is 0 Å². The molecule has 2 N–H and O–H groups in total. The fourth-order valence-corrected chi connectivity index (χ4v) is 3.52. The summed E-state index contributed by atoms with van der Waals surface area (Å²) in [6.45, 7) is 7.71. The molecule has 1 aliphatic carbocycles. The fourth-order valence-electron chi connectivity index (χ4n) is 2.69. The van der Waals surface area contributed by atoms with Gasteiger partial charge in [-0.2, -0.15) is 0 Å². The standard InChI is InChI=1S/C14H24N2S/c1-11(12-6-5-9-17-12)16(4)14(3,10-15)13(2)7-8-13/h5-6,9,11H,7-8,10,15H2,1-4H3. The maximum atomic E-state index is 6.09. The normalized spacial score (nSPS) is 23.4. The lowest BCUT2D eigenvalue weighted by Gasteiger charge is -2.46. The van der Waals surface area contributed by atoms with Gasteiger partial charge in [0.1, 0.15) is 0 Å². The second kappa shape index (κ2) is 4.38. The molecule has 1 heterocycles. The minimum atomic E-state index is 0.108. The average molecular weight is 252 g/mol. The molecular formula is C14H24N2S. The Morgan fingerprint density at radius 3 is 2.65 bits per heavy atom. The summed E-state index contributed by atoms with van der Waals surface area (Å²) in [6, 6.07) is 4.79. The highest BCUT2D eigenvalue weighted by atomic mass is 32.1. The van der Waals surface area contributed by atoms with Crippen LogP contribution in [0.2, 0.25) is 0 Å². The zero-order valence-corrected chi connectivity index (χ0v) is 12.2. The molecule has 2 rings (SSSR count). The Hall–Kier alpha value is -0.380. The minimum absolute atomic E-state index is 0.108. The number of likely N-dealkylation sites (N-methyl/N-ethyl adjacent to an activating group) is 1. The summed E-state index contributed by atoms with van der Waals surface area (Å²) >= 11 is 1.83. The van der Waals surface area contributed by atoms with Gasteiger partial charge in [0, 0.05) is 23.0 Å². The van der Waals surface area contributed by atoms with Crippen LogP contribution in [0.15, 0.2) is 17.5 Å². The fraction of sp³-hybridized carbons (Fsp3) is 0.714. The second-order valence-electron chi connectivity index (χ2n) is 5.84. The molecule has 0 spiro atoms. The number of hydrogen-bond acceptors (Lipinski definition) is 3. The molecular weight excluding hydrogens is 228 g/mol. The van der Waals surface area contributed by atoms with E-state index in [2.05, 4.69) is 50.2 Å². The van der Waals surface area contributed by atoms with Crippen LogP contribution in [0.1, 0.15) is 44.5 Å². The van der Waals surface area contributed by atoms with Crippen molar-refractivity contribution in [3.05, 3.63) is 22.4 Å². The van der Waals surface area contributed by atoms with Crippen molar-refractivity contribution < 1.29 is 0 Å². The summed E-state index contributed by atoms with van der Waals surface area (Å²) in [6.07, 6.45) is 2.62. The number of rotatable bonds is 5. The van der Waals surface area contributed by atoms with E-state index in [9.17, 15) is 0 Å². The maximum Gasteiger partial charge on any atom is 0.0416 e. The molecule has 0 radical (unpaired) electrons. The molecule has 3 heteroatoms. The molecule has 2 atom stereocenters. The molecule has 2 nitrogen and oxygen atoms in total. The summed E-state index contributed by atoms with van der Waals surface area (Å²) in [4.78, 5) is 3.91. The van der Waals surface area contributed by atoms with Crippen LogP contribution in [-0.4, -0.2) is 24.0 Å². The van der Waals surface area contributed by atoms with E-state index in [1.165, 1.54) is 17.7 Å². The van der Waals surface area contributed by atoms with Gasteiger partial charge in [-0.3, -0.25) is 4.90 Å². The number of hydrogen-bond donors (Lipinski definition) is 1. The zero-order valence-electron chi connectivity index (χ0n) is 11.4. The first-order valence-electron chi connectivity index (χ1n) is 6.41. The summed E-state index contributed by atoms with van der Waals surface area (Å²) in [7, 11) is 2.22. The Balaban J connectivity index is 2.20. The van der Waals surface area contributed by atoms with Crippen LogP contribution in [0.4, 0.5) is 0 Å². The van der Waals surface area contributed by atoms with Crippen molar-refractivity contribution >= 4 is 11.3 Å². The minimum Gasteiger partial charge on any atom is -0.329 e. The molecule has 0 aliphatic heterocycles. The van der Waals surface area contributed by atoms with Gasteiger partial charge < -0.3 is 5.73 Å². The first-order valence-corrected chi connectivity index (χ1v) is 7.29. The quantitative estimate of drug-likeness (QED) is 0.871. The predicted octanol–water partition coefficient (Wildman–Crippen LogP) is 3.26. The van der Waals surface area contributed by atoms with Crippen LogP contribution in [-0.2, 0) is 0 Å². The van der Waals surface area contributed by atoms with Gasteiger partial charge in [-0.05, 0) is 50.6 Å². The smallest absolute Gasteiger partial charge is 0.0416 e. The molecule has 2 unspecified atom stereocenters. The monoisotopic (exact) mass is 252 g/mol. The highest BCUT2D eigenvalue weighted by Crippen LogP contribution is 2.56. The Bertz CT molecular complexity index is 370. The Labute approximate surface area is 109 Å². The van der Waals surface area contributed by atoms with Crippen molar-refractivity contribution in [1.82, 2.24) is 4.90 Å². The van der Waals surface area contributed by atoms with Crippen LogP contribution in [0, 0.1) is 5.41 Å². The van der Waals surface area contributed by atoms with Crippen molar-refractivity contribution in [3.8, 4) is 0 Å². The van der Waals surface area contributed by atoms with Crippen molar-refractivity contribution in [1.29, 1.82) is 0 Å². The molecule has 96 valence electrons. The number of thiophene rings is 1. The van der Waals surface area contributed by atoms with Crippen LogP contribution in [0.3, 0.4) is 0 Å². The van der Waals surface area contributed by atoms with E-state index in [1.54, 1.807) is 0 Å². The first-order chi connectivity index (χ1) is 7.94. The van der Waals surface area contributed by atoms with Crippen LogP contribution >= 0.6 is 11.3 Å². The van der Waals surface area contributed by atoms with E-state index in [-0.39, 0.29) is 5.54 Å². The largest absolute Gasteiger partial charge is 0.329 e. The third kappa shape index (κ3) is 2.05. The second-order valence-corrected chi connectivity index (χ2v) is 6.82. The van der Waals surface area contributed by atoms with Gasteiger partial charge in [-0.25, -0.2) is 0 Å². The highest BCUT2D eigenvalue weighted by molar-refractivity contribution is 7.10. The summed E-state index contributed by atoms with van der Waals surface area (Å²) in [5, 5.41) is 2.15. The lowest BCUT2D eigenvalue weighted by atomic mass is 9.81. The number of nitrogens with zero attached hydrogens (tertiary/aromatic N) is 1. The zero-order chi connectivity index (χ0) is 12.7. The lowest BCUT2D eigenvalue weighted by Crippen LogP contribution is -2.55. The third-order valence-corrected chi connectivity index (χ3v) is 6.05. The highest BCUT2D eigenvalue weighted by Gasteiger charge is 2.55. The van der Waals surface area contributed by atoms with E-state index in [0.717, 1.165) is 6.54 Å². The van der Waals surface area contributed by atoms with Crippen LogP contribution in [0.25, 0.3) is 0 Å². The van der Waals surface area contributed by atoms with Gasteiger partial charge in [0.25, 0.3) is 0 Å². The van der Waals surface area contributed by atoms with E-state index >= 15 is 0 Å². The molecule has 17 heavy (non-hydrogen) atoms. The van der Waals surface area contributed by atoms with Gasteiger partial charge in [-0.15, -0.1) is 11.3 Å². The van der Waals surface area contributed by atoms with Gasteiger partial charge in [0.15, 0.2) is 0 Å². The molecule has 0 amide bonds. The molecule has 0 bridgehead atoms. The molecule has 0 saturated heterocycles. The Kier molecular flexibility index (Phi) is 3.36. The van der Waals surface area contributed by atoms with Gasteiger partial charge in [0.2, 0.25) is 0 Å². The van der Waals surface area contributed by atoms with Gasteiger partial charge in [-0.1, -0.05) is 13.0 Å². The van der Waals surface area contributed by atoms with Crippen LogP contribution < -0.4 is 5.73 Å². The summed E-state index contributed by atoms with van der Waals surface area (Å²) < 4.78 is 0. The van der Waals surface area contributed by atoms with Crippen molar-refractivity contribution in [2.75, 3.05) is 13.6 Å². The van der Waals surface area contributed by atoms with Gasteiger partial charge >= 0.3 is 0 Å². The van der Waals surface area contributed by atoms with Gasteiger partial charge in [0.05, 0.1) is 0 Å². The first kappa shape index (κ1) is 13.1. The molecule has 1 aromatic heterocycles. The van der Waals surface area contributed by atoms with Crippen LogP contribution in [0.5, 0.6) is 0 Å². The molecule has 1 saturated carbocycles. The van der Waals surface area contributed by atoms with Crippen molar-refractivity contribution in [2.24, 2.45) is 11.1 Å². The molecule has 1 fully saturated rings. The van der Waals surface area contributed by atoms with E-state index in [1.807, 2.05) is 11.3 Å². The van der Waals surface area contributed by atoms with E-state index in [4.69, 9.17) is 5.73 Å². The average Bonchev–Trinajstić information content (AvgIpc) is 2.87. The topological polar surface area (TPSA) is 29.3 Å². The van der Waals surface area contributed by atoms with E-state index in [0.29, 0.717) is 11.5 Å². The predicted molar refractivity (Wildman–Crippen MR) is 75.3 cm³/mol. The Morgan fingerprint density at radius 1 is 1.59 bits per heavy atom. The maximum absolute atomic E-state index is 6.09. The molecule has 1 aromatic rings. The SMILES string of the molecule is CC(c1cccs1)N(C)C(C)(CN)C1(C)CC1. The third-order valence-electron chi connectivity index (χ3n) is 5.01. The lowest BCUT2D eigenvalue weighted by molar-refractivity contribution is 0.0409. The number of nitrogens with two attached hydrogens (primary N) is 1. The van der Waals surface area contributed by atoms with Crippen molar-refractivity contribution in [2.45, 2.75) is 45.2 Å².